The van der Waals surface area contributed by atoms with Crippen molar-refractivity contribution in [1.82, 2.24) is 0 Å². The maximum atomic E-state index is 13.8. The van der Waals surface area contributed by atoms with E-state index in [1.54, 1.807) is 34.8 Å². The van der Waals surface area contributed by atoms with Gasteiger partial charge in [0.25, 0.3) is 0 Å². The molecule has 0 fully saturated rings. The Labute approximate surface area is 339 Å². The lowest BCUT2D eigenvalue weighted by atomic mass is 9.99. The number of aryl methyl sites for hydroxylation is 2. The molecule has 2 aliphatic carbocycles. The van der Waals surface area contributed by atoms with Crippen LogP contribution in [0.3, 0.4) is 0 Å². The van der Waals surface area contributed by atoms with Gasteiger partial charge in [0, 0.05) is 52.2 Å². The summed E-state index contributed by atoms with van der Waals surface area (Å²) in [4.78, 5) is 56.9. The lowest BCUT2D eigenvalue weighted by Crippen LogP contribution is -1.99. The second kappa shape index (κ2) is 11.8. The number of allylic oxidation sites excluding steroid dienone is 2. The Bertz CT molecular complexity index is 3320. The van der Waals surface area contributed by atoms with Gasteiger partial charge in [0.15, 0.2) is 23.1 Å². The molecule has 8 aromatic carbocycles. The maximum absolute atomic E-state index is 13.8. The van der Waals surface area contributed by atoms with Gasteiger partial charge in [-0.3, -0.25) is 19.2 Å². The topological polar surface area (TPSA) is 68.3 Å². The highest BCUT2D eigenvalue weighted by molar-refractivity contribution is 7.22. The van der Waals surface area contributed by atoms with Gasteiger partial charge >= 0.3 is 0 Å². The van der Waals surface area contributed by atoms with Gasteiger partial charge in [-0.25, -0.2) is 0 Å². The van der Waals surface area contributed by atoms with Crippen LogP contribution < -0.4 is 0 Å². The lowest BCUT2D eigenvalue weighted by Gasteiger charge is -2.07. The minimum Gasteiger partial charge on any atom is -0.288 e. The number of benzene rings is 8. The van der Waals surface area contributed by atoms with Crippen LogP contribution >= 0.6 is 22.7 Å². The first-order valence-electron chi connectivity index (χ1n) is 19.1. The van der Waals surface area contributed by atoms with Crippen LogP contribution in [0.4, 0.5) is 0 Å². The zero-order valence-electron chi connectivity index (χ0n) is 31.2. The molecule has 10 aromatic rings. The number of thiophene rings is 2. The Morgan fingerprint density at radius 1 is 0.362 bits per heavy atom. The van der Waals surface area contributed by atoms with E-state index in [2.05, 4.69) is 86.6 Å². The van der Waals surface area contributed by atoms with Crippen molar-refractivity contribution in [2.24, 2.45) is 0 Å². The van der Waals surface area contributed by atoms with Crippen LogP contribution in [0, 0.1) is 13.8 Å². The summed E-state index contributed by atoms with van der Waals surface area (Å²) in [6, 6.07) is 40.5. The largest absolute Gasteiger partial charge is 0.288 e. The van der Waals surface area contributed by atoms with Crippen molar-refractivity contribution in [3.63, 3.8) is 0 Å². The van der Waals surface area contributed by atoms with Crippen LogP contribution in [-0.2, 0) is 0 Å². The van der Waals surface area contributed by atoms with Crippen LogP contribution in [0.25, 0.3) is 86.2 Å². The number of rotatable bonds is 2. The molecule has 2 aliphatic rings. The van der Waals surface area contributed by atoms with E-state index in [0.717, 1.165) is 94.9 Å². The van der Waals surface area contributed by atoms with Crippen molar-refractivity contribution in [2.45, 2.75) is 13.8 Å². The number of carbonyl (C=O) groups is 4. The first kappa shape index (κ1) is 33.3. The van der Waals surface area contributed by atoms with E-state index in [0.29, 0.717) is 22.3 Å². The molecule has 6 heteroatoms. The summed E-state index contributed by atoms with van der Waals surface area (Å²) >= 11 is 3.17. The smallest absolute Gasteiger partial charge is 0.197 e. The van der Waals surface area contributed by atoms with Gasteiger partial charge in [0.05, 0.1) is 11.1 Å². The molecule has 0 spiro atoms. The normalized spacial score (nSPS) is 14.1. The quantitative estimate of drug-likeness (QED) is 0.0995. The molecule has 0 amide bonds. The van der Waals surface area contributed by atoms with E-state index in [-0.39, 0.29) is 34.3 Å². The number of carbonyl (C=O) groups excluding carboxylic acids is 4. The highest BCUT2D eigenvalue weighted by Crippen LogP contribution is 2.44. The molecule has 0 atom stereocenters. The minimum atomic E-state index is -0.240. The van der Waals surface area contributed by atoms with Gasteiger partial charge < -0.3 is 0 Å². The van der Waals surface area contributed by atoms with Crippen LogP contribution in [0.15, 0.2) is 132 Å². The molecule has 0 aliphatic heterocycles. The minimum absolute atomic E-state index is 0.192. The monoisotopic (exact) mass is 780 g/mol. The van der Waals surface area contributed by atoms with Gasteiger partial charge in [-0.2, -0.15) is 0 Å². The second-order valence-electron chi connectivity index (χ2n) is 15.6. The number of Topliss-reactive ketones (excluding diaryl/α,β-unsaturated/α-hetero) is 4. The molecule has 0 saturated heterocycles. The molecule has 4 nitrogen and oxygen atoms in total. The van der Waals surface area contributed by atoms with Crippen molar-refractivity contribution in [1.29, 1.82) is 0 Å². The Kier molecular flexibility index (Phi) is 6.79. The van der Waals surface area contributed by atoms with Crippen LogP contribution in [0.1, 0.15) is 62.3 Å². The highest BCUT2D eigenvalue weighted by Gasteiger charge is 2.35. The second-order valence-corrected chi connectivity index (χ2v) is 17.8. The molecule has 0 unspecified atom stereocenters. The summed E-state index contributed by atoms with van der Waals surface area (Å²) in [5, 5.41) is 12.4. The summed E-state index contributed by atoms with van der Waals surface area (Å²) in [5.41, 5.74) is 4.37. The third-order valence-electron chi connectivity index (χ3n) is 12.1. The Balaban J connectivity index is 0.929. The Morgan fingerprint density at radius 2 is 0.672 bits per heavy atom. The van der Waals surface area contributed by atoms with E-state index in [1.165, 1.54) is 0 Å². The molecule has 58 heavy (non-hydrogen) atoms. The van der Waals surface area contributed by atoms with Crippen molar-refractivity contribution < 1.29 is 19.2 Å². The van der Waals surface area contributed by atoms with Crippen LogP contribution in [0.2, 0.25) is 0 Å². The fourth-order valence-electron chi connectivity index (χ4n) is 9.14. The molecular weight excluding hydrogens is 753 g/mol. The summed E-state index contributed by atoms with van der Waals surface area (Å²) in [6.45, 7) is 4.18. The SMILES string of the molecule is Cc1cc2c(cc(C)c3cc(C=C4C(=O)c5cc6cc7ccccc7cc6cc5C4=O)sc32)c2sc(C=C3C(=O)c4cc5cc6ccccc6cc5cc4C3=O)cc12. The third kappa shape index (κ3) is 4.73. The van der Waals surface area contributed by atoms with E-state index >= 15 is 0 Å². The predicted molar refractivity (Wildman–Crippen MR) is 240 cm³/mol. The summed E-state index contributed by atoms with van der Waals surface area (Å²) in [7, 11) is 0. The molecule has 2 heterocycles. The van der Waals surface area contributed by atoms with Crippen molar-refractivity contribution in [3.05, 3.63) is 176 Å². The third-order valence-corrected chi connectivity index (χ3v) is 14.3. The van der Waals surface area contributed by atoms with Crippen LogP contribution in [-0.4, -0.2) is 23.1 Å². The molecule has 272 valence electrons. The number of hydrogen-bond acceptors (Lipinski definition) is 6. The summed E-state index contributed by atoms with van der Waals surface area (Å²) in [5.74, 6) is -0.959. The number of hydrogen-bond donors (Lipinski definition) is 0. The van der Waals surface area contributed by atoms with E-state index in [9.17, 15) is 19.2 Å². The first-order chi connectivity index (χ1) is 28.2. The summed E-state index contributed by atoms with van der Waals surface area (Å²) in [6.07, 6.45) is 3.53. The molecule has 12 rings (SSSR count). The Morgan fingerprint density at radius 3 is 0.983 bits per heavy atom. The molecule has 0 radical (unpaired) electrons. The maximum Gasteiger partial charge on any atom is 0.197 e. The fraction of sp³-hybridized carbons (Fsp3) is 0.0385. The first-order valence-corrected chi connectivity index (χ1v) is 20.8. The lowest BCUT2D eigenvalue weighted by molar-refractivity contribution is 0.0975. The fourth-order valence-corrected chi connectivity index (χ4v) is 11.5. The molecule has 0 saturated carbocycles. The van der Waals surface area contributed by atoms with Crippen molar-refractivity contribution in [3.8, 4) is 0 Å². The van der Waals surface area contributed by atoms with E-state index < -0.39 is 0 Å². The number of fused-ring (bicyclic) bond motifs is 11. The van der Waals surface area contributed by atoms with Gasteiger partial charge in [-0.1, -0.05) is 48.5 Å². The van der Waals surface area contributed by atoms with Gasteiger partial charge in [-0.15, -0.1) is 22.7 Å². The zero-order chi connectivity index (χ0) is 39.1. The molecular formula is C52H28O4S2. The number of ketones is 4. The average Bonchev–Trinajstić information content (AvgIpc) is 3.97. The standard InChI is InChI=1S/C52H28O4S2/c1-25-11-43-44(51-37(25)21-35(57-51)23-45-47(53)39-17-31-13-27-7-3-4-8-28(27)14-32(31)18-40(39)48(45)54)12-26(2)38-22-36(58-52(38)43)24-46-49(55)41-19-33-15-29-9-5-6-10-30(29)16-34(33)20-42(41)50(46)56/h3-24H,1-2H3. The summed E-state index contributed by atoms with van der Waals surface area (Å²) < 4.78 is 2.17. The molecule has 2 aromatic heterocycles. The van der Waals surface area contributed by atoms with Gasteiger partial charge in [-0.05, 0) is 164 Å². The zero-order valence-corrected chi connectivity index (χ0v) is 32.8. The van der Waals surface area contributed by atoms with Crippen LogP contribution in [0.5, 0.6) is 0 Å². The predicted octanol–water partition coefficient (Wildman–Crippen LogP) is 13.4. The van der Waals surface area contributed by atoms with Crippen molar-refractivity contribution in [2.75, 3.05) is 0 Å². The molecule has 0 N–H and O–H groups in total. The Hall–Kier alpha value is -6.86. The van der Waals surface area contributed by atoms with E-state index in [1.807, 2.05) is 48.5 Å². The highest BCUT2D eigenvalue weighted by atomic mass is 32.1. The van der Waals surface area contributed by atoms with Crippen molar-refractivity contribution >= 4 is 132 Å². The van der Waals surface area contributed by atoms with E-state index in [4.69, 9.17) is 0 Å². The molecule has 0 bridgehead atoms. The van der Waals surface area contributed by atoms with Gasteiger partial charge in [0.1, 0.15) is 0 Å². The average molecular weight is 781 g/mol. The van der Waals surface area contributed by atoms with Gasteiger partial charge in [0.2, 0.25) is 0 Å².